The number of rotatable bonds is 6. The van der Waals surface area contributed by atoms with Crippen LogP contribution in [0.3, 0.4) is 0 Å². The lowest BCUT2D eigenvalue weighted by molar-refractivity contribution is 0.107. The van der Waals surface area contributed by atoms with Crippen LogP contribution in [-0.2, 0) is 14.0 Å². The second-order valence-electron chi connectivity index (χ2n) is 5.12. The van der Waals surface area contributed by atoms with Crippen molar-refractivity contribution >= 4 is 24.9 Å². The molecule has 0 unspecified atom stereocenters. The molecule has 6 heteroatoms. The van der Waals surface area contributed by atoms with E-state index in [1.807, 2.05) is 20.8 Å². The Balaban J connectivity index is -0.000000233. The van der Waals surface area contributed by atoms with E-state index >= 15 is 0 Å². The van der Waals surface area contributed by atoms with Gasteiger partial charge in [0.1, 0.15) is 0 Å². The van der Waals surface area contributed by atoms with Crippen LogP contribution in [0.4, 0.5) is 0 Å². The van der Waals surface area contributed by atoms with Gasteiger partial charge in [-0.05, 0) is 20.8 Å². The Bertz CT molecular complexity index is 113. The molecule has 3 nitrogen and oxygen atoms in total. The van der Waals surface area contributed by atoms with Gasteiger partial charge in [0.05, 0.1) is 0 Å². The second-order valence-corrected chi connectivity index (χ2v) is 12.0. The van der Waals surface area contributed by atoms with Crippen LogP contribution in [0.1, 0.15) is 20.8 Å². The first-order chi connectivity index (χ1) is 8.31. The van der Waals surface area contributed by atoms with Crippen molar-refractivity contribution in [3.63, 3.8) is 0 Å². The molecule has 0 saturated heterocycles. The first-order valence-electron chi connectivity index (χ1n) is 7.16. The van der Waals surface area contributed by atoms with Crippen molar-refractivity contribution in [2.75, 3.05) is 19.8 Å². The maximum absolute atomic E-state index is 5.08. The second kappa shape index (κ2) is 19.7. The molecule has 0 N–H and O–H groups in total. The lowest BCUT2D eigenvalue weighted by atomic mass is 10.2. The molecule has 0 saturated carbocycles. The summed E-state index contributed by atoms with van der Waals surface area (Å²) in [4.78, 5) is 0. The van der Waals surface area contributed by atoms with Crippen LogP contribution in [-0.4, -0.2) is 44.7 Å². The van der Waals surface area contributed by atoms with Gasteiger partial charge in [0.2, 0.25) is 0 Å². The zero-order chi connectivity index (χ0) is 15.0. The Kier molecular flexibility index (Phi) is 25.7. The van der Waals surface area contributed by atoms with Crippen molar-refractivity contribution in [2.45, 2.75) is 60.1 Å². The Morgan fingerprint density at radius 1 is 0.611 bits per heavy atom. The van der Waals surface area contributed by atoms with Crippen LogP contribution in [0.25, 0.3) is 0 Å². The van der Waals surface area contributed by atoms with E-state index in [-0.39, 0.29) is 17.6 Å². The van der Waals surface area contributed by atoms with E-state index in [2.05, 4.69) is 39.3 Å². The fraction of sp³-hybridized carbons (Fsp3) is 1.00. The van der Waals surface area contributed by atoms with Crippen molar-refractivity contribution in [3.05, 3.63) is 0 Å². The van der Waals surface area contributed by atoms with Gasteiger partial charge in [-0.25, -0.2) is 0 Å². The van der Waals surface area contributed by atoms with Crippen molar-refractivity contribution in [2.24, 2.45) is 0 Å². The molecule has 0 aliphatic heterocycles. The third-order valence-electron chi connectivity index (χ3n) is 0.908. The largest absolute Gasteiger partial charge is 0.639 e. The Hall–Kier alpha value is 0.379. The summed E-state index contributed by atoms with van der Waals surface area (Å²) < 4.78 is 15.2. The molecule has 0 amide bonds. The van der Waals surface area contributed by atoms with Gasteiger partial charge >= 0.3 is 7.32 Å². The van der Waals surface area contributed by atoms with Gasteiger partial charge in [-0.1, -0.05) is 39.3 Å². The van der Waals surface area contributed by atoms with E-state index in [9.17, 15) is 0 Å². The molecule has 0 bridgehead atoms. The summed E-state index contributed by atoms with van der Waals surface area (Å²) in [5.41, 5.74) is 0. The Labute approximate surface area is 119 Å². The summed E-state index contributed by atoms with van der Waals surface area (Å²) in [6, 6.07) is 0. The van der Waals surface area contributed by atoms with Gasteiger partial charge in [-0.2, -0.15) is 0 Å². The zero-order valence-corrected chi connectivity index (χ0v) is 16.4. The normalized spacial score (nSPS) is 9.50. The minimum atomic E-state index is -0.472. The van der Waals surface area contributed by atoms with Crippen LogP contribution in [0.5, 0.6) is 0 Å². The van der Waals surface area contributed by atoms with Crippen molar-refractivity contribution < 1.29 is 14.0 Å². The van der Waals surface area contributed by atoms with Crippen LogP contribution < -0.4 is 0 Å². The van der Waals surface area contributed by atoms with Crippen LogP contribution in [0.2, 0.25) is 39.3 Å². The molecule has 0 fully saturated rings. The van der Waals surface area contributed by atoms with E-state index in [0.717, 1.165) is 0 Å². The predicted octanol–water partition coefficient (Wildman–Crippen LogP) is 3.29. The van der Waals surface area contributed by atoms with Crippen LogP contribution in [0.15, 0.2) is 0 Å². The van der Waals surface area contributed by atoms with Crippen molar-refractivity contribution in [1.29, 1.82) is 0 Å². The highest BCUT2D eigenvalue weighted by Crippen LogP contribution is 1.91. The molecule has 0 aliphatic rings. The lowest BCUT2D eigenvalue weighted by Crippen LogP contribution is -2.27. The van der Waals surface area contributed by atoms with Gasteiger partial charge < -0.3 is 14.0 Å². The molecule has 0 aromatic carbocycles. The minimum absolute atomic E-state index is 0.139. The molecular weight excluding hydrogens is 259 g/mol. The average molecular weight is 294 g/mol. The van der Waals surface area contributed by atoms with E-state index in [0.29, 0.717) is 19.8 Å². The van der Waals surface area contributed by atoms with E-state index < -0.39 is 7.32 Å². The smallest absolute Gasteiger partial charge is 0.386 e. The van der Waals surface area contributed by atoms with Crippen LogP contribution >= 0.6 is 0 Å². The highest BCUT2D eigenvalue weighted by atomic mass is 28.3. The zero-order valence-electron chi connectivity index (χ0n) is 14.1. The molecule has 0 radical (unpaired) electrons. The fourth-order valence-corrected chi connectivity index (χ4v) is 0.553. The molecule has 0 spiro atoms. The Morgan fingerprint density at radius 3 is 0.889 bits per heavy atom. The maximum Gasteiger partial charge on any atom is 0.639 e. The van der Waals surface area contributed by atoms with Crippen LogP contribution in [0, 0.1) is 0 Å². The SMILES string of the molecule is CCOB(OCC)OCC.C[SiH](C)C.C[SiH](C)C. The molecule has 0 aromatic heterocycles. The number of hydrogen-bond acceptors (Lipinski definition) is 3. The third kappa shape index (κ3) is 44.0. The first-order valence-corrected chi connectivity index (χ1v) is 14.1. The highest BCUT2D eigenvalue weighted by Gasteiger charge is 2.17. The van der Waals surface area contributed by atoms with Crippen molar-refractivity contribution in [3.8, 4) is 0 Å². The summed E-state index contributed by atoms with van der Waals surface area (Å²) in [5, 5.41) is 0. The van der Waals surface area contributed by atoms with Gasteiger partial charge in [-0.3, -0.25) is 0 Å². The molecule has 0 rings (SSSR count). The quantitative estimate of drug-likeness (QED) is 0.704. The highest BCUT2D eigenvalue weighted by molar-refractivity contribution is 6.54. The molecule has 0 atom stereocenters. The standard InChI is InChI=1S/C6H15BO3.2C3H10Si/c1-4-8-7(9-5-2)10-6-3;2*1-4(2)3/h4-6H2,1-3H3;2*4H,1-3H3. The average Bonchev–Trinajstić information content (AvgIpc) is 2.17. The topological polar surface area (TPSA) is 27.7 Å². The van der Waals surface area contributed by atoms with E-state index in [4.69, 9.17) is 14.0 Å². The first kappa shape index (κ1) is 23.5. The lowest BCUT2D eigenvalue weighted by Gasteiger charge is -2.09. The van der Waals surface area contributed by atoms with Crippen molar-refractivity contribution in [1.82, 2.24) is 0 Å². The summed E-state index contributed by atoms with van der Waals surface area (Å²) >= 11 is 0. The maximum atomic E-state index is 5.08. The van der Waals surface area contributed by atoms with E-state index in [1.165, 1.54) is 0 Å². The molecule has 112 valence electrons. The van der Waals surface area contributed by atoms with E-state index in [1.54, 1.807) is 0 Å². The summed E-state index contributed by atoms with van der Waals surface area (Å²) in [6.07, 6.45) is 0. The summed E-state index contributed by atoms with van der Waals surface area (Å²) in [6.45, 7) is 21.4. The third-order valence-corrected chi connectivity index (χ3v) is 0.908. The molecule has 0 aliphatic carbocycles. The van der Waals surface area contributed by atoms with Gasteiger partial charge in [0, 0.05) is 37.4 Å². The van der Waals surface area contributed by atoms with Gasteiger partial charge in [-0.15, -0.1) is 0 Å². The molecule has 0 heterocycles. The number of hydrogen-bond donors (Lipinski definition) is 0. The summed E-state index contributed by atoms with van der Waals surface area (Å²) in [7, 11) is -0.750. The molecule has 0 aromatic rings. The molecular formula is C12H35BO3Si2. The predicted molar refractivity (Wildman–Crippen MR) is 90.1 cm³/mol. The van der Waals surface area contributed by atoms with Gasteiger partial charge in [0.25, 0.3) is 0 Å². The summed E-state index contributed by atoms with van der Waals surface area (Å²) in [5.74, 6) is 0. The Morgan fingerprint density at radius 2 is 0.778 bits per heavy atom. The minimum Gasteiger partial charge on any atom is -0.386 e. The van der Waals surface area contributed by atoms with Gasteiger partial charge in [0.15, 0.2) is 0 Å². The molecule has 18 heavy (non-hydrogen) atoms. The monoisotopic (exact) mass is 294 g/mol. The fourth-order valence-electron chi connectivity index (χ4n) is 0.553.